The van der Waals surface area contributed by atoms with Crippen LogP contribution in [-0.2, 0) is 4.74 Å². The number of amides is 1. The molecular formula is C8H15NO4. The Balaban J connectivity index is 2.25. The molecule has 5 nitrogen and oxygen atoms in total. The lowest BCUT2D eigenvalue weighted by Gasteiger charge is -2.16. The molecule has 76 valence electrons. The maximum atomic E-state index is 10.3. The van der Waals surface area contributed by atoms with Gasteiger partial charge in [-0.3, -0.25) is 0 Å². The third-order valence-corrected chi connectivity index (χ3v) is 2.19. The predicted octanol–water partition coefficient (Wildman–Crippen LogP) is 0.0415. The number of rotatable bonds is 4. The third-order valence-electron chi connectivity index (χ3n) is 2.19. The van der Waals surface area contributed by atoms with Gasteiger partial charge in [-0.15, -0.1) is 0 Å². The van der Waals surface area contributed by atoms with E-state index >= 15 is 0 Å². The zero-order chi connectivity index (χ0) is 9.68. The van der Waals surface area contributed by atoms with Crippen molar-refractivity contribution in [1.29, 1.82) is 0 Å². The van der Waals surface area contributed by atoms with Gasteiger partial charge in [-0.2, -0.15) is 0 Å². The Kier molecular flexibility index (Phi) is 3.98. The van der Waals surface area contributed by atoms with E-state index in [0.29, 0.717) is 18.9 Å². The monoisotopic (exact) mass is 189 g/mol. The van der Waals surface area contributed by atoms with Gasteiger partial charge in [0.05, 0.1) is 12.6 Å². The number of aliphatic hydroxyl groups excluding tert-OH is 1. The molecule has 1 aliphatic rings. The quantitative estimate of drug-likeness (QED) is 0.583. The lowest BCUT2D eigenvalue weighted by atomic mass is 10.00. The van der Waals surface area contributed by atoms with Gasteiger partial charge in [-0.25, -0.2) is 4.79 Å². The molecule has 1 amide bonds. The SMILES string of the molecule is O=C(O)NC(CO)CC1CCOC1. The number of nitrogens with one attached hydrogen (secondary N) is 1. The van der Waals surface area contributed by atoms with E-state index in [1.807, 2.05) is 0 Å². The molecule has 0 aromatic carbocycles. The molecule has 2 unspecified atom stereocenters. The molecule has 0 aliphatic carbocycles. The Hall–Kier alpha value is -0.810. The molecule has 1 saturated heterocycles. The molecule has 1 rings (SSSR count). The molecule has 1 fully saturated rings. The van der Waals surface area contributed by atoms with Gasteiger partial charge in [0.2, 0.25) is 0 Å². The Bertz CT molecular complexity index is 168. The normalized spacial score (nSPS) is 24.2. The summed E-state index contributed by atoms with van der Waals surface area (Å²) in [6.45, 7) is 1.27. The standard InChI is InChI=1S/C8H15NO4/c10-4-7(9-8(11)12)3-6-1-2-13-5-6/h6-7,9-10H,1-5H2,(H,11,12). The summed E-state index contributed by atoms with van der Waals surface area (Å²) in [6.07, 6.45) is 0.526. The molecule has 0 radical (unpaired) electrons. The van der Waals surface area contributed by atoms with Crippen LogP contribution in [0.2, 0.25) is 0 Å². The van der Waals surface area contributed by atoms with Crippen LogP contribution in [0.25, 0.3) is 0 Å². The number of hydrogen-bond donors (Lipinski definition) is 3. The third kappa shape index (κ3) is 3.61. The predicted molar refractivity (Wildman–Crippen MR) is 45.6 cm³/mol. The summed E-state index contributed by atoms with van der Waals surface area (Å²) < 4.78 is 5.15. The van der Waals surface area contributed by atoms with E-state index < -0.39 is 6.09 Å². The van der Waals surface area contributed by atoms with Crippen LogP contribution in [0.5, 0.6) is 0 Å². The molecule has 5 heteroatoms. The largest absolute Gasteiger partial charge is 0.465 e. The first kappa shape index (κ1) is 10.3. The van der Waals surface area contributed by atoms with E-state index in [4.69, 9.17) is 14.9 Å². The van der Waals surface area contributed by atoms with Crippen molar-refractivity contribution in [2.75, 3.05) is 19.8 Å². The van der Waals surface area contributed by atoms with E-state index in [1.165, 1.54) is 0 Å². The fraction of sp³-hybridized carbons (Fsp3) is 0.875. The van der Waals surface area contributed by atoms with Crippen molar-refractivity contribution in [2.24, 2.45) is 5.92 Å². The number of hydrogen-bond acceptors (Lipinski definition) is 3. The molecule has 0 aromatic rings. The fourth-order valence-corrected chi connectivity index (χ4v) is 1.53. The molecular weight excluding hydrogens is 174 g/mol. The van der Waals surface area contributed by atoms with Crippen molar-refractivity contribution < 1.29 is 19.7 Å². The second-order valence-corrected chi connectivity index (χ2v) is 3.29. The first-order valence-corrected chi connectivity index (χ1v) is 4.40. The van der Waals surface area contributed by atoms with Crippen LogP contribution in [0.4, 0.5) is 4.79 Å². The summed E-state index contributed by atoms with van der Waals surface area (Å²) >= 11 is 0. The fourth-order valence-electron chi connectivity index (χ4n) is 1.53. The molecule has 13 heavy (non-hydrogen) atoms. The molecule has 2 atom stereocenters. The summed E-state index contributed by atoms with van der Waals surface area (Å²) in [5.41, 5.74) is 0. The van der Waals surface area contributed by atoms with Gasteiger partial charge in [-0.05, 0) is 18.8 Å². The summed E-state index contributed by atoms with van der Waals surface area (Å²) in [7, 11) is 0. The first-order valence-electron chi connectivity index (χ1n) is 4.40. The van der Waals surface area contributed by atoms with Crippen LogP contribution < -0.4 is 5.32 Å². The van der Waals surface area contributed by atoms with Crippen molar-refractivity contribution in [3.05, 3.63) is 0 Å². The van der Waals surface area contributed by atoms with Gasteiger partial charge in [0.15, 0.2) is 0 Å². The number of ether oxygens (including phenoxy) is 1. The minimum atomic E-state index is -1.09. The van der Waals surface area contributed by atoms with Crippen LogP contribution in [0.1, 0.15) is 12.8 Å². The van der Waals surface area contributed by atoms with Gasteiger partial charge >= 0.3 is 6.09 Å². The van der Waals surface area contributed by atoms with Gasteiger partial charge in [0.25, 0.3) is 0 Å². The summed E-state index contributed by atoms with van der Waals surface area (Å²) in [4.78, 5) is 10.3. The summed E-state index contributed by atoms with van der Waals surface area (Å²) in [6, 6.07) is -0.357. The molecule has 0 aromatic heterocycles. The lowest BCUT2D eigenvalue weighted by molar-refractivity contribution is 0.160. The highest BCUT2D eigenvalue weighted by atomic mass is 16.5. The van der Waals surface area contributed by atoms with Crippen molar-refractivity contribution in [1.82, 2.24) is 5.32 Å². The van der Waals surface area contributed by atoms with Gasteiger partial charge in [0, 0.05) is 13.2 Å². The van der Waals surface area contributed by atoms with E-state index in [1.54, 1.807) is 0 Å². The second-order valence-electron chi connectivity index (χ2n) is 3.29. The first-order chi connectivity index (χ1) is 6.22. The van der Waals surface area contributed by atoms with E-state index in [-0.39, 0.29) is 12.6 Å². The second kappa shape index (κ2) is 5.04. The maximum absolute atomic E-state index is 10.3. The molecule has 0 bridgehead atoms. The Morgan fingerprint density at radius 2 is 2.46 bits per heavy atom. The zero-order valence-corrected chi connectivity index (χ0v) is 7.40. The van der Waals surface area contributed by atoms with Crippen molar-refractivity contribution in [3.63, 3.8) is 0 Å². The van der Waals surface area contributed by atoms with Crippen LogP contribution in [0.3, 0.4) is 0 Å². The number of carboxylic acid groups (broad SMARTS) is 1. The highest BCUT2D eigenvalue weighted by Crippen LogP contribution is 2.17. The van der Waals surface area contributed by atoms with Crippen molar-refractivity contribution >= 4 is 6.09 Å². The lowest BCUT2D eigenvalue weighted by Crippen LogP contribution is -2.38. The van der Waals surface area contributed by atoms with Gasteiger partial charge in [0.1, 0.15) is 0 Å². The number of carbonyl (C=O) groups is 1. The average molecular weight is 189 g/mol. The van der Waals surface area contributed by atoms with Crippen LogP contribution in [0.15, 0.2) is 0 Å². The van der Waals surface area contributed by atoms with E-state index in [2.05, 4.69) is 5.32 Å². The van der Waals surface area contributed by atoms with Crippen LogP contribution in [-0.4, -0.2) is 42.2 Å². The van der Waals surface area contributed by atoms with Crippen LogP contribution >= 0.6 is 0 Å². The Morgan fingerprint density at radius 3 is 2.92 bits per heavy atom. The highest BCUT2D eigenvalue weighted by molar-refractivity contribution is 5.64. The molecule has 1 heterocycles. The summed E-state index contributed by atoms with van der Waals surface area (Å²) in [5.74, 6) is 0.379. The molecule has 1 aliphatic heterocycles. The van der Waals surface area contributed by atoms with E-state index in [0.717, 1.165) is 13.0 Å². The molecule has 3 N–H and O–H groups in total. The smallest absolute Gasteiger partial charge is 0.404 e. The van der Waals surface area contributed by atoms with Crippen LogP contribution in [0, 0.1) is 5.92 Å². The van der Waals surface area contributed by atoms with E-state index in [9.17, 15) is 4.79 Å². The topological polar surface area (TPSA) is 78.8 Å². The highest BCUT2D eigenvalue weighted by Gasteiger charge is 2.21. The number of aliphatic hydroxyl groups is 1. The van der Waals surface area contributed by atoms with Gasteiger partial charge < -0.3 is 20.3 Å². The minimum Gasteiger partial charge on any atom is -0.465 e. The van der Waals surface area contributed by atoms with Crippen molar-refractivity contribution in [3.8, 4) is 0 Å². The Morgan fingerprint density at radius 1 is 1.69 bits per heavy atom. The molecule has 0 saturated carbocycles. The average Bonchev–Trinajstić information content (AvgIpc) is 2.55. The van der Waals surface area contributed by atoms with Crippen molar-refractivity contribution in [2.45, 2.75) is 18.9 Å². The summed E-state index contributed by atoms with van der Waals surface area (Å²) in [5, 5.41) is 19.6. The minimum absolute atomic E-state index is 0.150. The zero-order valence-electron chi connectivity index (χ0n) is 7.40. The Labute approximate surface area is 76.7 Å². The van der Waals surface area contributed by atoms with Gasteiger partial charge in [-0.1, -0.05) is 0 Å². The maximum Gasteiger partial charge on any atom is 0.404 e. The molecule has 0 spiro atoms.